The molecule has 0 bridgehead atoms. The molecule has 2 N–H and O–H groups in total. The maximum absolute atomic E-state index is 13.3. The number of carbonyl (C=O) groups is 3. The average molecular weight is 472 g/mol. The number of hydrogen-bond donors (Lipinski definition) is 2. The van der Waals surface area contributed by atoms with Crippen molar-refractivity contribution < 1.29 is 37.0 Å². The lowest BCUT2D eigenvalue weighted by atomic mass is 10.1. The zero-order valence-electron chi connectivity index (χ0n) is 17.8. The summed E-state index contributed by atoms with van der Waals surface area (Å²) in [6.45, 7) is 1.78. The highest BCUT2D eigenvalue weighted by atomic mass is 19.4. The minimum atomic E-state index is -4.70. The third-order valence-electron chi connectivity index (χ3n) is 4.48. The maximum Gasteiger partial charge on any atom is 0.513 e. The van der Waals surface area contributed by atoms with Crippen LogP contribution in [0.3, 0.4) is 0 Å². The van der Waals surface area contributed by atoms with E-state index >= 15 is 0 Å². The average Bonchev–Trinajstić information content (AvgIpc) is 2.80. The van der Waals surface area contributed by atoms with Crippen molar-refractivity contribution in [1.82, 2.24) is 0 Å². The van der Waals surface area contributed by atoms with E-state index in [1.807, 2.05) is 0 Å². The molecule has 0 aliphatic carbocycles. The maximum atomic E-state index is 13.3. The molecule has 0 saturated carbocycles. The number of halogens is 3. The van der Waals surface area contributed by atoms with Gasteiger partial charge in [0, 0.05) is 5.56 Å². The molecule has 0 fully saturated rings. The number of para-hydroxylation sites is 2. The van der Waals surface area contributed by atoms with Crippen molar-refractivity contribution in [2.45, 2.75) is 13.1 Å². The number of amides is 2. The number of carbonyl (C=O) groups excluding carboxylic acids is 3. The highest BCUT2D eigenvalue weighted by Crippen LogP contribution is 2.32. The number of nitrogens with one attached hydrogen (secondary N) is 2. The first kappa shape index (κ1) is 24.3. The molecule has 0 radical (unpaired) electrons. The number of hydrogen-bond acceptors (Lipinski definition) is 5. The van der Waals surface area contributed by atoms with Gasteiger partial charge < -0.3 is 20.1 Å². The summed E-state index contributed by atoms with van der Waals surface area (Å²) in [7, 11) is 0. The summed E-state index contributed by atoms with van der Waals surface area (Å²) in [4.78, 5) is 36.6. The van der Waals surface area contributed by atoms with E-state index in [9.17, 15) is 27.6 Å². The molecule has 3 aromatic carbocycles. The zero-order chi connectivity index (χ0) is 24.7. The van der Waals surface area contributed by atoms with Crippen LogP contribution in [-0.2, 0) is 10.9 Å². The van der Waals surface area contributed by atoms with E-state index in [-0.39, 0.29) is 29.3 Å². The molecular weight excluding hydrogens is 453 g/mol. The predicted octanol–water partition coefficient (Wildman–Crippen LogP) is 5.75. The van der Waals surface area contributed by atoms with Crippen LogP contribution in [0.2, 0.25) is 0 Å². The fourth-order valence-electron chi connectivity index (χ4n) is 2.93. The first-order valence-electron chi connectivity index (χ1n) is 10.0. The predicted molar refractivity (Wildman–Crippen MR) is 118 cm³/mol. The van der Waals surface area contributed by atoms with Crippen molar-refractivity contribution in [3.05, 3.63) is 89.5 Å². The molecule has 0 spiro atoms. The van der Waals surface area contributed by atoms with Gasteiger partial charge in [0.1, 0.15) is 5.75 Å². The molecule has 0 aliphatic heterocycles. The molecule has 0 saturated heterocycles. The Bertz CT molecular complexity index is 1190. The zero-order valence-corrected chi connectivity index (χ0v) is 17.8. The molecule has 10 heteroatoms. The second-order valence-electron chi connectivity index (χ2n) is 6.81. The van der Waals surface area contributed by atoms with Crippen molar-refractivity contribution >= 4 is 29.3 Å². The summed E-state index contributed by atoms with van der Waals surface area (Å²) in [6, 6.07) is 16.1. The van der Waals surface area contributed by atoms with E-state index in [1.54, 1.807) is 19.1 Å². The highest BCUT2D eigenvalue weighted by molar-refractivity contribution is 6.10. The third kappa shape index (κ3) is 6.12. The summed E-state index contributed by atoms with van der Waals surface area (Å²) in [6.07, 6.45) is -5.58. The van der Waals surface area contributed by atoms with Crippen molar-refractivity contribution in [2.75, 3.05) is 17.2 Å². The second kappa shape index (κ2) is 10.5. The molecule has 0 heterocycles. The van der Waals surface area contributed by atoms with E-state index < -0.39 is 35.3 Å². The lowest BCUT2D eigenvalue weighted by Crippen LogP contribution is -2.20. The van der Waals surface area contributed by atoms with Gasteiger partial charge in [-0.15, -0.1) is 0 Å². The Hall–Kier alpha value is -4.34. The van der Waals surface area contributed by atoms with Gasteiger partial charge in [0.15, 0.2) is 0 Å². The Morgan fingerprint density at radius 3 is 1.94 bits per heavy atom. The fourth-order valence-corrected chi connectivity index (χ4v) is 2.93. The van der Waals surface area contributed by atoms with Gasteiger partial charge in [-0.1, -0.05) is 24.3 Å². The van der Waals surface area contributed by atoms with Crippen LogP contribution in [0, 0.1) is 0 Å². The smallest absolute Gasteiger partial charge is 0.434 e. The van der Waals surface area contributed by atoms with E-state index in [4.69, 9.17) is 4.74 Å². The van der Waals surface area contributed by atoms with Crippen LogP contribution >= 0.6 is 0 Å². The van der Waals surface area contributed by atoms with Crippen LogP contribution in [0.15, 0.2) is 72.8 Å². The standard InChI is InChI=1S/C24H19F3N2O5/c1-2-33-23(32)34-16-13-11-15(12-14-16)21(30)28-19-9-5-6-10-20(19)29-22(31)17-7-3-4-8-18(17)24(25,26)27/h3-14H,2H2,1H3,(H,28,30)(H,29,31). The molecule has 3 aromatic rings. The molecule has 0 aromatic heterocycles. The van der Waals surface area contributed by atoms with Gasteiger partial charge >= 0.3 is 12.3 Å². The van der Waals surface area contributed by atoms with Crippen LogP contribution in [0.5, 0.6) is 5.75 Å². The van der Waals surface area contributed by atoms with E-state index in [0.717, 1.165) is 12.1 Å². The Labute approximate surface area is 192 Å². The summed E-state index contributed by atoms with van der Waals surface area (Å²) >= 11 is 0. The van der Waals surface area contributed by atoms with E-state index in [1.165, 1.54) is 48.5 Å². The van der Waals surface area contributed by atoms with Gasteiger partial charge in [-0.2, -0.15) is 13.2 Å². The molecule has 34 heavy (non-hydrogen) atoms. The number of benzene rings is 3. The molecule has 2 amide bonds. The largest absolute Gasteiger partial charge is 0.513 e. The lowest BCUT2D eigenvalue weighted by molar-refractivity contribution is -0.137. The van der Waals surface area contributed by atoms with Crippen molar-refractivity contribution in [2.24, 2.45) is 0 Å². The summed E-state index contributed by atoms with van der Waals surface area (Å²) < 4.78 is 49.3. The number of ether oxygens (including phenoxy) is 2. The molecule has 3 rings (SSSR count). The third-order valence-corrected chi connectivity index (χ3v) is 4.48. The summed E-state index contributed by atoms with van der Waals surface area (Å²) in [5, 5.41) is 5.01. The minimum Gasteiger partial charge on any atom is -0.434 e. The van der Waals surface area contributed by atoms with Gasteiger partial charge in [0.05, 0.1) is 29.1 Å². The Morgan fingerprint density at radius 2 is 1.35 bits per heavy atom. The van der Waals surface area contributed by atoms with Crippen LogP contribution < -0.4 is 15.4 Å². The molecule has 0 aliphatic rings. The van der Waals surface area contributed by atoms with Gasteiger partial charge in [-0.25, -0.2) is 4.79 Å². The van der Waals surface area contributed by atoms with Crippen LogP contribution in [0.1, 0.15) is 33.2 Å². The van der Waals surface area contributed by atoms with Crippen molar-refractivity contribution in [1.29, 1.82) is 0 Å². The molecule has 176 valence electrons. The molecular formula is C24H19F3N2O5. The quantitative estimate of drug-likeness (QED) is 0.352. The highest BCUT2D eigenvalue weighted by Gasteiger charge is 2.35. The van der Waals surface area contributed by atoms with E-state index in [2.05, 4.69) is 15.4 Å². The Morgan fingerprint density at radius 1 is 0.794 bits per heavy atom. The molecule has 0 atom stereocenters. The van der Waals surface area contributed by atoms with Gasteiger partial charge in [-0.3, -0.25) is 9.59 Å². The number of alkyl halides is 3. The van der Waals surface area contributed by atoms with Crippen molar-refractivity contribution in [3.8, 4) is 5.75 Å². The van der Waals surface area contributed by atoms with Gasteiger partial charge in [0.2, 0.25) is 0 Å². The molecule has 7 nitrogen and oxygen atoms in total. The summed E-state index contributed by atoms with van der Waals surface area (Å²) in [5.41, 5.74) is -1.12. The second-order valence-corrected chi connectivity index (χ2v) is 6.81. The van der Waals surface area contributed by atoms with Crippen LogP contribution in [0.4, 0.5) is 29.3 Å². The van der Waals surface area contributed by atoms with Gasteiger partial charge in [-0.05, 0) is 55.5 Å². The van der Waals surface area contributed by atoms with E-state index in [0.29, 0.717) is 0 Å². The Balaban J connectivity index is 1.74. The first-order chi connectivity index (χ1) is 16.2. The first-order valence-corrected chi connectivity index (χ1v) is 10.0. The van der Waals surface area contributed by atoms with Crippen molar-refractivity contribution in [3.63, 3.8) is 0 Å². The fraction of sp³-hybridized carbons (Fsp3) is 0.125. The summed E-state index contributed by atoms with van der Waals surface area (Å²) in [5.74, 6) is -1.36. The lowest BCUT2D eigenvalue weighted by Gasteiger charge is -2.15. The monoisotopic (exact) mass is 472 g/mol. The van der Waals surface area contributed by atoms with Gasteiger partial charge in [0.25, 0.3) is 11.8 Å². The topological polar surface area (TPSA) is 93.7 Å². The SMILES string of the molecule is CCOC(=O)Oc1ccc(C(=O)Nc2ccccc2NC(=O)c2ccccc2C(F)(F)F)cc1. The number of rotatable bonds is 6. The Kier molecular flexibility index (Phi) is 7.52. The number of anilines is 2. The van der Waals surface area contributed by atoms with Crippen LogP contribution in [-0.4, -0.2) is 24.6 Å². The molecule has 0 unspecified atom stereocenters. The minimum absolute atomic E-state index is 0.111. The van der Waals surface area contributed by atoms with Crippen LogP contribution in [0.25, 0.3) is 0 Å². The normalized spacial score (nSPS) is 10.8.